The van der Waals surface area contributed by atoms with Crippen LogP contribution in [0.1, 0.15) is 46.5 Å². The summed E-state index contributed by atoms with van der Waals surface area (Å²) in [6.07, 6.45) is 3.76. The van der Waals surface area contributed by atoms with Gasteiger partial charge in [0.2, 0.25) is 5.91 Å². The minimum atomic E-state index is 0.0534. The van der Waals surface area contributed by atoms with Crippen molar-refractivity contribution in [1.29, 1.82) is 0 Å². The van der Waals surface area contributed by atoms with E-state index in [2.05, 4.69) is 31.4 Å². The van der Waals surface area contributed by atoms with Crippen LogP contribution in [-0.2, 0) is 23.7 Å². The van der Waals surface area contributed by atoms with Crippen LogP contribution in [0, 0.1) is 0 Å². The van der Waals surface area contributed by atoms with Gasteiger partial charge in [0.25, 0.3) is 0 Å². The fourth-order valence-electron chi connectivity index (χ4n) is 2.04. The Morgan fingerprint density at radius 1 is 0.769 bits per heavy atom. The first-order chi connectivity index (χ1) is 12.7. The van der Waals surface area contributed by atoms with Gasteiger partial charge in [-0.1, -0.05) is 33.6 Å². The summed E-state index contributed by atoms with van der Waals surface area (Å²) in [4.78, 5) is 11.5. The topological polar surface area (TPSA) is 78.1 Å². The Morgan fingerprint density at radius 2 is 1.31 bits per heavy atom. The van der Waals surface area contributed by atoms with Crippen LogP contribution in [0.5, 0.6) is 0 Å². The molecule has 0 aromatic heterocycles. The smallest absolute Gasteiger partial charge is 0.222 e. The summed E-state index contributed by atoms with van der Waals surface area (Å²) in [6.45, 7) is 12.4. The van der Waals surface area contributed by atoms with Crippen molar-refractivity contribution in [3.8, 4) is 0 Å². The van der Waals surface area contributed by atoms with Crippen molar-refractivity contribution in [1.82, 2.24) is 10.6 Å². The molecule has 26 heavy (non-hydrogen) atoms. The first-order valence-corrected chi connectivity index (χ1v) is 9.97. The van der Waals surface area contributed by atoms with E-state index >= 15 is 0 Å². The number of carbonyl (C=O) groups excluding carboxylic acids is 1. The van der Waals surface area contributed by atoms with Gasteiger partial charge in [-0.25, -0.2) is 0 Å². The number of amides is 1. The quantitative estimate of drug-likeness (QED) is 0.315. The number of hydrogen-bond acceptors (Lipinski definition) is 6. The van der Waals surface area contributed by atoms with Gasteiger partial charge in [-0.05, 0) is 6.42 Å². The molecule has 0 unspecified atom stereocenters. The van der Waals surface area contributed by atoms with Crippen LogP contribution in [0.25, 0.3) is 0 Å². The van der Waals surface area contributed by atoms with E-state index in [1.54, 1.807) is 0 Å². The lowest BCUT2D eigenvalue weighted by molar-refractivity contribution is -0.122. The van der Waals surface area contributed by atoms with Crippen LogP contribution in [0.4, 0.5) is 0 Å². The molecule has 156 valence electrons. The van der Waals surface area contributed by atoms with E-state index in [1.807, 2.05) is 0 Å². The molecule has 0 aromatic rings. The largest absolute Gasteiger partial charge is 0.379 e. The van der Waals surface area contributed by atoms with Crippen LogP contribution in [0.3, 0.4) is 0 Å². The lowest BCUT2D eigenvalue weighted by Crippen LogP contribution is -2.27. The van der Waals surface area contributed by atoms with E-state index in [9.17, 15) is 4.79 Å². The Kier molecular flexibility index (Phi) is 20.0. The molecule has 0 saturated carbocycles. The third-order valence-electron chi connectivity index (χ3n) is 3.49. The molecule has 0 heterocycles. The first-order valence-electron chi connectivity index (χ1n) is 9.97. The van der Waals surface area contributed by atoms with Gasteiger partial charge in [-0.15, -0.1) is 0 Å². The molecular formula is C19H40N2O5. The number of rotatable bonds is 20. The minimum absolute atomic E-state index is 0.0534. The SMILES string of the molecule is CCCCCNC(=O)CCOCCOCCOCCOCCNC(C)C. The summed E-state index contributed by atoms with van der Waals surface area (Å²) in [7, 11) is 0. The molecule has 0 atom stereocenters. The van der Waals surface area contributed by atoms with Gasteiger partial charge in [0.05, 0.1) is 52.9 Å². The number of unbranched alkanes of at least 4 members (excludes halogenated alkanes) is 2. The van der Waals surface area contributed by atoms with Gasteiger partial charge in [-0.3, -0.25) is 4.79 Å². The first kappa shape index (κ1) is 25.3. The summed E-state index contributed by atoms with van der Waals surface area (Å²) in [5.41, 5.74) is 0. The maximum Gasteiger partial charge on any atom is 0.222 e. The van der Waals surface area contributed by atoms with Gasteiger partial charge in [0.1, 0.15) is 0 Å². The van der Waals surface area contributed by atoms with Crippen molar-refractivity contribution in [3.05, 3.63) is 0 Å². The van der Waals surface area contributed by atoms with E-state index in [-0.39, 0.29) is 5.91 Å². The second kappa shape index (κ2) is 20.6. The van der Waals surface area contributed by atoms with Gasteiger partial charge in [0, 0.05) is 25.6 Å². The third-order valence-corrected chi connectivity index (χ3v) is 3.49. The Balaban J connectivity index is 3.10. The zero-order chi connectivity index (χ0) is 19.3. The van der Waals surface area contributed by atoms with Crippen molar-refractivity contribution in [2.75, 3.05) is 65.9 Å². The molecular weight excluding hydrogens is 336 g/mol. The van der Waals surface area contributed by atoms with Crippen LogP contribution in [0.15, 0.2) is 0 Å². The molecule has 7 heteroatoms. The van der Waals surface area contributed by atoms with Crippen molar-refractivity contribution in [2.24, 2.45) is 0 Å². The van der Waals surface area contributed by atoms with Crippen LogP contribution >= 0.6 is 0 Å². The van der Waals surface area contributed by atoms with E-state index in [0.29, 0.717) is 65.3 Å². The molecule has 0 rings (SSSR count). The highest BCUT2D eigenvalue weighted by molar-refractivity contribution is 5.75. The lowest BCUT2D eigenvalue weighted by Gasteiger charge is -2.09. The van der Waals surface area contributed by atoms with Crippen molar-refractivity contribution >= 4 is 5.91 Å². The number of nitrogens with one attached hydrogen (secondary N) is 2. The van der Waals surface area contributed by atoms with Crippen molar-refractivity contribution in [2.45, 2.75) is 52.5 Å². The summed E-state index contributed by atoms with van der Waals surface area (Å²) in [5, 5.41) is 6.17. The molecule has 0 aliphatic carbocycles. The Hall–Kier alpha value is -0.730. The summed E-state index contributed by atoms with van der Waals surface area (Å²) < 4.78 is 21.6. The molecule has 0 bridgehead atoms. The molecule has 0 radical (unpaired) electrons. The summed E-state index contributed by atoms with van der Waals surface area (Å²) in [6, 6.07) is 0.490. The molecule has 1 amide bonds. The monoisotopic (exact) mass is 376 g/mol. The van der Waals surface area contributed by atoms with Gasteiger partial charge in [0.15, 0.2) is 0 Å². The zero-order valence-corrected chi connectivity index (χ0v) is 17.0. The number of ether oxygens (including phenoxy) is 4. The molecule has 0 saturated heterocycles. The fraction of sp³-hybridized carbons (Fsp3) is 0.947. The fourth-order valence-corrected chi connectivity index (χ4v) is 2.04. The van der Waals surface area contributed by atoms with E-state index in [1.165, 1.54) is 0 Å². The predicted molar refractivity (Wildman–Crippen MR) is 104 cm³/mol. The average Bonchev–Trinajstić information content (AvgIpc) is 2.61. The van der Waals surface area contributed by atoms with Crippen LogP contribution in [0.2, 0.25) is 0 Å². The number of hydrogen-bond donors (Lipinski definition) is 2. The van der Waals surface area contributed by atoms with Crippen LogP contribution in [-0.4, -0.2) is 77.9 Å². The van der Waals surface area contributed by atoms with Gasteiger partial charge in [-0.2, -0.15) is 0 Å². The van der Waals surface area contributed by atoms with Gasteiger partial charge < -0.3 is 29.6 Å². The minimum Gasteiger partial charge on any atom is -0.379 e. The molecule has 0 aromatic carbocycles. The lowest BCUT2D eigenvalue weighted by atomic mass is 10.2. The molecule has 2 N–H and O–H groups in total. The van der Waals surface area contributed by atoms with E-state index in [4.69, 9.17) is 18.9 Å². The second-order valence-electron chi connectivity index (χ2n) is 6.37. The normalized spacial score (nSPS) is 11.2. The highest BCUT2D eigenvalue weighted by Crippen LogP contribution is 1.92. The van der Waals surface area contributed by atoms with Crippen molar-refractivity contribution < 1.29 is 23.7 Å². The molecule has 0 fully saturated rings. The summed E-state index contributed by atoms with van der Waals surface area (Å²) in [5.74, 6) is 0.0534. The highest BCUT2D eigenvalue weighted by Gasteiger charge is 2.00. The Morgan fingerprint density at radius 3 is 1.85 bits per heavy atom. The molecule has 0 aliphatic rings. The van der Waals surface area contributed by atoms with Gasteiger partial charge >= 0.3 is 0 Å². The third kappa shape index (κ3) is 21.3. The Bertz CT molecular complexity index is 304. The predicted octanol–water partition coefficient (Wildman–Crippen LogP) is 1.75. The molecule has 0 spiro atoms. The molecule has 0 aliphatic heterocycles. The van der Waals surface area contributed by atoms with Crippen molar-refractivity contribution in [3.63, 3.8) is 0 Å². The maximum absolute atomic E-state index is 11.5. The average molecular weight is 377 g/mol. The maximum atomic E-state index is 11.5. The molecule has 7 nitrogen and oxygen atoms in total. The van der Waals surface area contributed by atoms with Crippen LogP contribution < -0.4 is 10.6 Å². The Labute approximate surface area is 159 Å². The highest BCUT2D eigenvalue weighted by atomic mass is 16.6. The van der Waals surface area contributed by atoms with E-state index < -0.39 is 0 Å². The summed E-state index contributed by atoms with van der Waals surface area (Å²) >= 11 is 0. The van der Waals surface area contributed by atoms with E-state index in [0.717, 1.165) is 32.4 Å². The zero-order valence-electron chi connectivity index (χ0n) is 17.0. The standard InChI is InChI=1S/C19H40N2O5/c1-4-5-6-8-21-19(22)7-10-23-12-14-25-16-17-26-15-13-24-11-9-20-18(2)3/h18,20H,4-17H2,1-3H3,(H,21,22). The second-order valence-corrected chi connectivity index (χ2v) is 6.37. The number of carbonyl (C=O) groups is 1.